The van der Waals surface area contributed by atoms with Gasteiger partial charge in [0.15, 0.2) is 5.82 Å². The molecule has 0 aromatic carbocycles. The summed E-state index contributed by atoms with van der Waals surface area (Å²) in [7, 11) is 1.81. The van der Waals surface area contributed by atoms with Crippen LogP contribution in [-0.4, -0.2) is 66.0 Å². The third kappa shape index (κ3) is 5.31. The van der Waals surface area contributed by atoms with Gasteiger partial charge >= 0.3 is 0 Å². The van der Waals surface area contributed by atoms with Crippen LogP contribution in [0.2, 0.25) is 0 Å². The summed E-state index contributed by atoms with van der Waals surface area (Å²) in [6.07, 6.45) is 6.81. The van der Waals surface area contributed by atoms with E-state index >= 15 is 0 Å². The van der Waals surface area contributed by atoms with Crippen molar-refractivity contribution in [1.82, 2.24) is 40.0 Å². The summed E-state index contributed by atoms with van der Waals surface area (Å²) < 4.78 is 1.83. The molecule has 2 aromatic rings. The molecule has 0 N–H and O–H groups in total. The van der Waals surface area contributed by atoms with Crippen LogP contribution in [-0.2, 0) is 17.9 Å². The Morgan fingerprint density at radius 1 is 1.36 bits per heavy atom. The summed E-state index contributed by atoms with van der Waals surface area (Å²) in [5.41, 5.74) is 0.837. The fourth-order valence-corrected chi connectivity index (χ4v) is 3.45. The Labute approximate surface area is 166 Å². The maximum atomic E-state index is 12.5. The molecule has 9 nitrogen and oxygen atoms in total. The molecule has 0 radical (unpaired) electrons. The van der Waals surface area contributed by atoms with E-state index in [0.29, 0.717) is 19.4 Å². The first-order valence-electron chi connectivity index (χ1n) is 10.0. The number of hydrogen-bond acceptors (Lipinski definition) is 7. The van der Waals surface area contributed by atoms with Gasteiger partial charge in [-0.15, -0.1) is 5.10 Å². The van der Waals surface area contributed by atoms with Crippen molar-refractivity contribution in [2.75, 3.05) is 20.1 Å². The van der Waals surface area contributed by atoms with Crippen LogP contribution in [0.15, 0.2) is 18.6 Å². The second-order valence-corrected chi connectivity index (χ2v) is 7.70. The summed E-state index contributed by atoms with van der Waals surface area (Å²) in [4.78, 5) is 24.8. The van der Waals surface area contributed by atoms with Crippen LogP contribution in [0.1, 0.15) is 57.1 Å². The van der Waals surface area contributed by atoms with Crippen molar-refractivity contribution in [3.05, 3.63) is 30.1 Å². The van der Waals surface area contributed by atoms with Gasteiger partial charge in [-0.25, -0.2) is 14.6 Å². The Kier molecular flexibility index (Phi) is 7.02. The van der Waals surface area contributed by atoms with Gasteiger partial charge in [0.1, 0.15) is 6.33 Å². The van der Waals surface area contributed by atoms with E-state index in [9.17, 15) is 4.79 Å². The van der Waals surface area contributed by atoms with Crippen LogP contribution < -0.4 is 0 Å². The Morgan fingerprint density at radius 3 is 2.86 bits per heavy atom. The predicted molar refractivity (Wildman–Crippen MR) is 104 cm³/mol. The minimum Gasteiger partial charge on any atom is -0.337 e. The topological polar surface area (TPSA) is 92.9 Å². The molecule has 0 saturated carbocycles. The minimum atomic E-state index is -0.0828. The summed E-state index contributed by atoms with van der Waals surface area (Å²) in [5.74, 6) is 1.77. The Hall–Kier alpha value is -2.42. The number of carbonyl (C=O) groups is 1. The molecular weight excluding hydrogens is 356 g/mol. The maximum absolute atomic E-state index is 12.5. The summed E-state index contributed by atoms with van der Waals surface area (Å²) in [6, 6.07) is 1.75. The van der Waals surface area contributed by atoms with Crippen molar-refractivity contribution in [1.29, 1.82) is 0 Å². The van der Waals surface area contributed by atoms with Gasteiger partial charge in [0.05, 0.1) is 18.3 Å². The molecule has 152 valence electrons. The van der Waals surface area contributed by atoms with Crippen molar-refractivity contribution < 1.29 is 4.79 Å². The quantitative estimate of drug-likeness (QED) is 0.681. The first-order valence-corrected chi connectivity index (χ1v) is 10.0. The standard InChI is InChI=1S/C19H30N8O/c1-15-7-11-26(12-8-15)13-18-22-23-24-27(18)10-4-5-19(28)25(3)16(2)17-6-9-20-14-21-17/h6,9,14-16H,4-5,7-8,10-13H2,1-3H3/t16-/m0/s1. The molecule has 2 aromatic heterocycles. The van der Waals surface area contributed by atoms with Crippen LogP contribution in [0.4, 0.5) is 0 Å². The molecular formula is C19H30N8O. The highest BCUT2D eigenvalue weighted by Gasteiger charge is 2.20. The van der Waals surface area contributed by atoms with E-state index in [-0.39, 0.29) is 11.9 Å². The van der Waals surface area contributed by atoms with E-state index in [2.05, 4.69) is 37.3 Å². The summed E-state index contributed by atoms with van der Waals surface area (Å²) >= 11 is 0. The first kappa shape index (κ1) is 20.3. The van der Waals surface area contributed by atoms with Gasteiger partial charge in [-0.1, -0.05) is 6.92 Å². The van der Waals surface area contributed by atoms with Crippen LogP contribution >= 0.6 is 0 Å². The highest BCUT2D eigenvalue weighted by atomic mass is 16.2. The minimum absolute atomic E-state index is 0.0828. The van der Waals surface area contributed by atoms with Gasteiger partial charge in [-0.3, -0.25) is 9.69 Å². The number of aryl methyl sites for hydroxylation is 1. The van der Waals surface area contributed by atoms with Gasteiger partial charge in [0.25, 0.3) is 0 Å². The van der Waals surface area contributed by atoms with E-state index in [1.165, 1.54) is 19.2 Å². The molecule has 1 fully saturated rings. The SMILES string of the molecule is CC1CCN(Cc2nnnn2CCCC(=O)N(C)[C@@H](C)c2ccncn2)CC1. The molecule has 0 bridgehead atoms. The predicted octanol–water partition coefficient (Wildman–Crippen LogP) is 1.69. The lowest BCUT2D eigenvalue weighted by Gasteiger charge is -2.29. The third-order valence-corrected chi connectivity index (χ3v) is 5.62. The molecule has 1 atom stereocenters. The molecule has 9 heteroatoms. The highest BCUT2D eigenvalue weighted by molar-refractivity contribution is 5.76. The molecule has 1 saturated heterocycles. The van der Waals surface area contributed by atoms with E-state index in [1.807, 2.05) is 24.7 Å². The maximum Gasteiger partial charge on any atom is 0.222 e. The van der Waals surface area contributed by atoms with Crippen molar-refractivity contribution in [2.45, 2.75) is 58.7 Å². The molecule has 1 aliphatic rings. The molecule has 0 spiro atoms. The second kappa shape index (κ2) is 9.68. The lowest BCUT2D eigenvalue weighted by molar-refractivity contribution is -0.132. The Balaban J connectivity index is 1.46. The second-order valence-electron chi connectivity index (χ2n) is 7.70. The van der Waals surface area contributed by atoms with Gasteiger partial charge in [0, 0.05) is 26.2 Å². The highest BCUT2D eigenvalue weighted by Crippen LogP contribution is 2.18. The summed E-state index contributed by atoms with van der Waals surface area (Å²) in [5, 5.41) is 12.1. The molecule has 1 aliphatic heterocycles. The molecule has 3 rings (SSSR count). The number of aromatic nitrogens is 6. The van der Waals surface area contributed by atoms with Gasteiger partial charge in [0.2, 0.25) is 5.91 Å². The van der Waals surface area contributed by atoms with Crippen molar-refractivity contribution in [2.24, 2.45) is 5.92 Å². The van der Waals surface area contributed by atoms with Gasteiger partial charge < -0.3 is 4.90 Å². The Bertz CT molecular complexity index is 741. The fraction of sp³-hybridized carbons (Fsp3) is 0.684. The number of tetrazole rings is 1. The molecule has 3 heterocycles. The molecule has 0 unspecified atom stereocenters. The van der Waals surface area contributed by atoms with E-state index in [4.69, 9.17) is 0 Å². The fourth-order valence-electron chi connectivity index (χ4n) is 3.45. The van der Waals surface area contributed by atoms with Crippen molar-refractivity contribution in [3.8, 4) is 0 Å². The van der Waals surface area contributed by atoms with E-state index in [1.54, 1.807) is 11.1 Å². The monoisotopic (exact) mass is 386 g/mol. The number of hydrogen-bond donors (Lipinski definition) is 0. The number of amides is 1. The lowest BCUT2D eigenvalue weighted by Crippen LogP contribution is -2.33. The van der Waals surface area contributed by atoms with Crippen LogP contribution in [0.5, 0.6) is 0 Å². The number of carbonyl (C=O) groups excluding carboxylic acids is 1. The van der Waals surface area contributed by atoms with E-state index < -0.39 is 0 Å². The number of piperidine rings is 1. The third-order valence-electron chi connectivity index (χ3n) is 5.62. The zero-order valence-electron chi connectivity index (χ0n) is 17.0. The average Bonchev–Trinajstić information content (AvgIpc) is 3.16. The van der Waals surface area contributed by atoms with Gasteiger partial charge in [-0.05, 0) is 61.7 Å². The molecule has 1 amide bonds. The first-order chi connectivity index (χ1) is 13.5. The van der Waals surface area contributed by atoms with Crippen LogP contribution in [0.25, 0.3) is 0 Å². The molecule has 28 heavy (non-hydrogen) atoms. The van der Waals surface area contributed by atoms with Crippen LogP contribution in [0, 0.1) is 5.92 Å². The zero-order valence-corrected chi connectivity index (χ0v) is 17.0. The Morgan fingerprint density at radius 2 is 2.14 bits per heavy atom. The average molecular weight is 387 g/mol. The largest absolute Gasteiger partial charge is 0.337 e. The van der Waals surface area contributed by atoms with Crippen molar-refractivity contribution in [3.63, 3.8) is 0 Å². The summed E-state index contributed by atoms with van der Waals surface area (Å²) in [6.45, 7) is 7.89. The van der Waals surface area contributed by atoms with Crippen LogP contribution in [0.3, 0.4) is 0 Å². The molecule has 0 aliphatic carbocycles. The van der Waals surface area contributed by atoms with Crippen molar-refractivity contribution >= 4 is 5.91 Å². The smallest absolute Gasteiger partial charge is 0.222 e. The van der Waals surface area contributed by atoms with E-state index in [0.717, 1.165) is 37.1 Å². The van der Waals surface area contributed by atoms with Gasteiger partial charge in [-0.2, -0.15) is 0 Å². The number of likely N-dealkylation sites (tertiary alicyclic amines) is 1. The number of rotatable bonds is 8. The lowest BCUT2D eigenvalue weighted by atomic mass is 9.99. The number of nitrogens with zero attached hydrogens (tertiary/aromatic N) is 8. The zero-order chi connectivity index (χ0) is 19.9. The normalized spacial score (nSPS) is 16.8.